The summed E-state index contributed by atoms with van der Waals surface area (Å²) in [5, 5.41) is 0. The monoisotopic (exact) mass is 282 g/mol. The molecule has 0 heterocycles. The molecule has 0 amide bonds. The summed E-state index contributed by atoms with van der Waals surface area (Å²) in [7, 11) is 0. The summed E-state index contributed by atoms with van der Waals surface area (Å²) in [6.07, 6.45) is 0.228. The molecule has 2 rings (SSSR count). The Kier molecular flexibility index (Phi) is 4.88. The van der Waals surface area contributed by atoms with Gasteiger partial charge in [-0.3, -0.25) is 9.59 Å². The maximum absolute atomic E-state index is 11.8. The molecule has 0 spiro atoms. The van der Waals surface area contributed by atoms with Gasteiger partial charge in [-0.1, -0.05) is 54.1 Å². The van der Waals surface area contributed by atoms with E-state index < -0.39 is 11.9 Å². The van der Waals surface area contributed by atoms with Gasteiger partial charge in [0, 0.05) is 0 Å². The Labute approximate surface area is 124 Å². The lowest BCUT2D eigenvalue weighted by molar-refractivity contribution is -0.158. The predicted molar refractivity (Wildman–Crippen MR) is 80.9 cm³/mol. The summed E-state index contributed by atoms with van der Waals surface area (Å²) in [5.41, 5.74) is 3.86. The summed E-state index contributed by atoms with van der Waals surface area (Å²) < 4.78 is 4.87. The summed E-state index contributed by atoms with van der Waals surface area (Å²) in [6.45, 7) is 3.91. The minimum Gasteiger partial charge on any atom is -0.393 e. The molecule has 3 nitrogen and oxygen atoms in total. The molecule has 108 valence electrons. The minimum atomic E-state index is -0.516. The molecule has 0 aromatic heterocycles. The zero-order chi connectivity index (χ0) is 15.2. The van der Waals surface area contributed by atoms with Gasteiger partial charge in [0.05, 0.1) is 12.8 Å². The fourth-order valence-electron chi connectivity index (χ4n) is 2.04. The van der Waals surface area contributed by atoms with Gasteiger partial charge in [0.1, 0.15) is 0 Å². The van der Waals surface area contributed by atoms with Gasteiger partial charge in [0.2, 0.25) is 0 Å². The van der Waals surface area contributed by atoms with Gasteiger partial charge in [-0.15, -0.1) is 0 Å². The number of hydrogen-bond donors (Lipinski definition) is 0. The molecule has 2 aromatic rings. The van der Waals surface area contributed by atoms with Crippen LogP contribution in [0.25, 0.3) is 0 Å². The molecule has 0 bridgehead atoms. The Hall–Kier alpha value is -2.42. The number of carbonyl (C=O) groups is 2. The highest BCUT2D eigenvalue weighted by Crippen LogP contribution is 2.09. The van der Waals surface area contributed by atoms with Crippen LogP contribution in [0.2, 0.25) is 0 Å². The molecule has 0 aliphatic carbocycles. The zero-order valence-corrected chi connectivity index (χ0v) is 12.3. The largest absolute Gasteiger partial charge is 0.393 e. The number of rotatable bonds is 4. The van der Waals surface area contributed by atoms with E-state index >= 15 is 0 Å². The fourth-order valence-corrected chi connectivity index (χ4v) is 2.04. The Bertz CT molecular complexity index is 642. The highest BCUT2D eigenvalue weighted by Gasteiger charge is 2.12. The van der Waals surface area contributed by atoms with Gasteiger partial charge in [0.25, 0.3) is 0 Å². The smallest absolute Gasteiger partial charge is 0.317 e. The molecule has 0 aliphatic rings. The molecule has 3 heteroatoms. The first-order valence-corrected chi connectivity index (χ1v) is 6.88. The van der Waals surface area contributed by atoms with Crippen LogP contribution in [0.15, 0.2) is 48.5 Å². The van der Waals surface area contributed by atoms with Crippen LogP contribution in [0.3, 0.4) is 0 Å². The molecule has 0 fully saturated rings. The third-order valence-corrected chi connectivity index (χ3v) is 3.29. The quantitative estimate of drug-likeness (QED) is 0.639. The topological polar surface area (TPSA) is 43.4 Å². The van der Waals surface area contributed by atoms with Crippen molar-refractivity contribution >= 4 is 11.9 Å². The first-order chi connectivity index (χ1) is 10.0. The maximum Gasteiger partial charge on any atom is 0.317 e. The zero-order valence-electron chi connectivity index (χ0n) is 12.3. The van der Waals surface area contributed by atoms with E-state index in [4.69, 9.17) is 4.74 Å². The van der Waals surface area contributed by atoms with E-state index in [1.54, 1.807) is 0 Å². The van der Waals surface area contributed by atoms with Gasteiger partial charge >= 0.3 is 11.9 Å². The standard InChI is InChI=1S/C18H18O3/c1-13-7-9-15(10-8-13)11-17(19)21-18(20)12-16-6-4-3-5-14(16)2/h3-10H,11-12H2,1-2H3. The minimum absolute atomic E-state index is 0.111. The third-order valence-electron chi connectivity index (χ3n) is 3.29. The summed E-state index contributed by atoms with van der Waals surface area (Å²) >= 11 is 0. The molecular formula is C18H18O3. The van der Waals surface area contributed by atoms with E-state index in [9.17, 15) is 9.59 Å². The van der Waals surface area contributed by atoms with Crippen LogP contribution in [0.4, 0.5) is 0 Å². The number of ether oxygens (including phenoxy) is 1. The highest BCUT2D eigenvalue weighted by atomic mass is 16.6. The van der Waals surface area contributed by atoms with Crippen molar-refractivity contribution in [3.05, 3.63) is 70.8 Å². The maximum atomic E-state index is 11.8. The SMILES string of the molecule is Cc1ccc(CC(=O)OC(=O)Cc2ccccc2C)cc1. The van der Waals surface area contributed by atoms with Crippen LogP contribution in [-0.4, -0.2) is 11.9 Å². The number of hydrogen-bond acceptors (Lipinski definition) is 3. The number of carbonyl (C=O) groups excluding carboxylic acids is 2. The van der Waals surface area contributed by atoms with Crippen molar-refractivity contribution in [2.45, 2.75) is 26.7 Å². The predicted octanol–water partition coefficient (Wildman–Crippen LogP) is 3.16. The van der Waals surface area contributed by atoms with E-state index in [2.05, 4.69) is 0 Å². The molecule has 0 aliphatic heterocycles. The molecule has 0 radical (unpaired) electrons. The average molecular weight is 282 g/mol. The molecule has 0 N–H and O–H groups in total. The van der Waals surface area contributed by atoms with Crippen molar-refractivity contribution in [2.75, 3.05) is 0 Å². The van der Waals surface area contributed by atoms with Crippen molar-refractivity contribution in [2.24, 2.45) is 0 Å². The van der Waals surface area contributed by atoms with Crippen LogP contribution in [0, 0.1) is 13.8 Å². The molecule has 0 atom stereocenters. The van der Waals surface area contributed by atoms with Gasteiger partial charge in [-0.2, -0.15) is 0 Å². The van der Waals surface area contributed by atoms with E-state index in [0.29, 0.717) is 0 Å². The van der Waals surface area contributed by atoms with Crippen molar-refractivity contribution in [3.8, 4) is 0 Å². The normalized spacial score (nSPS) is 10.2. The second kappa shape index (κ2) is 6.84. The van der Waals surface area contributed by atoms with E-state index in [-0.39, 0.29) is 12.8 Å². The van der Waals surface area contributed by atoms with Crippen LogP contribution in [-0.2, 0) is 27.2 Å². The summed E-state index contributed by atoms with van der Waals surface area (Å²) in [6, 6.07) is 15.1. The Morgan fingerprint density at radius 2 is 1.48 bits per heavy atom. The first-order valence-electron chi connectivity index (χ1n) is 6.88. The van der Waals surface area contributed by atoms with Crippen molar-refractivity contribution in [1.82, 2.24) is 0 Å². The molecular weight excluding hydrogens is 264 g/mol. The van der Waals surface area contributed by atoms with Gasteiger partial charge in [-0.25, -0.2) is 0 Å². The van der Waals surface area contributed by atoms with Gasteiger partial charge < -0.3 is 4.74 Å². The number of aryl methyl sites for hydroxylation is 2. The van der Waals surface area contributed by atoms with Gasteiger partial charge in [-0.05, 0) is 30.5 Å². The summed E-state index contributed by atoms with van der Waals surface area (Å²) in [4.78, 5) is 23.5. The first kappa shape index (κ1) is 15.0. The molecule has 0 saturated heterocycles. The summed E-state index contributed by atoms with van der Waals surface area (Å²) in [5.74, 6) is -1.03. The number of esters is 2. The average Bonchev–Trinajstić information content (AvgIpc) is 2.44. The Morgan fingerprint density at radius 1 is 0.857 bits per heavy atom. The molecule has 21 heavy (non-hydrogen) atoms. The Morgan fingerprint density at radius 3 is 2.14 bits per heavy atom. The second-order valence-corrected chi connectivity index (χ2v) is 5.11. The van der Waals surface area contributed by atoms with E-state index in [0.717, 1.165) is 22.3 Å². The third kappa shape index (κ3) is 4.56. The molecule has 0 unspecified atom stereocenters. The van der Waals surface area contributed by atoms with Crippen LogP contribution < -0.4 is 0 Å². The highest BCUT2D eigenvalue weighted by molar-refractivity contribution is 5.87. The van der Waals surface area contributed by atoms with E-state index in [1.165, 1.54) is 0 Å². The second-order valence-electron chi connectivity index (χ2n) is 5.11. The lowest BCUT2D eigenvalue weighted by Gasteiger charge is -2.06. The lowest BCUT2D eigenvalue weighted by Crippen LogP contribution is -2.16. The van der Waals surface area contributed by atoms with Crippen molar-refractivity contribution < 1.29 is 14.3 Å². The molecule has 2 aromatic carbocycles. The number of benzene rings is 2. The lowest BCUT2D eigenvalue weighted by atomic mass is 10.1. The van der Waals surface area contributed by atoms with Crippen molar-refractivity contribution in [3.63, 3.8) is 0 Å². The Balaban J connectivity index is 1.89. The fraction of sp³-hybridized carbons (Fsp3) is 0.222. The van der Waals surface area contributed by atoms with Crippen LogP contribution in [0.1, 0.15) is 22.3 Å². The van der Waals surface area contributed by atoms with Crippen LogP contribution >= 0.6 is 0 Å². The van der Waals surface area contributed by atoms with Gasteiger partial charge in [0.15, 0.2) is 0 Å². The van der Waals surface area contributed by atoms with E-state index in [1.807, 2.05) is 62.4 Å². The van der Waals surface area contributed by atoms with Crippen molar-refractivity contribution in [1.29, 1.82) is 0 Å². The molecule has 0 saturated carbocycles. The van der Waals surface area contributed by atoms with Crippen LogP contribution in [0.5, 0.6) is 0 Å².